The van der Waals surface area contributed by atoms with Crippen LogP contribution in [0.4, 0.5) is 4.39 Å². The third-order valence-corrected chi connectivity index (χ3v) is 3.32. The summed E-state index contributed by atoms with van der Waals surface area (Å²) in [5.74, 6) is -0.353. The van der Waals surface area contributed by atoms with E-state index in [4.69, 9.17) is 4.74 Å². The highest BCUT2D eigenvalue weighted by molar-refractivity contribution is 9.10. The van der Waals surface area contributed by atoms with E-state index in [2.05, 4.69) is 26.2 Å². The average Bonchev–Trinajstić information content (AvgIpc) is 2.47. The number of halogens is 2. The van der Waals surface area contributed by atoms with Gasteiger partial charge in [-0.15, -0.1) is 0 Å². The van der Waals surface area contributed by atoms with Gasteiger partial charge in [-0.25, -0.2) is 9.37 Å². The summed E-state index contributed by atoms with van der Waals surface area (Å²) in [4.78, 5) is 3.95. The fourth-order valence-electron chi connectivity index (χ4n) is 1.69. The Balaban J connectivity index is 2.03. The summed E-state index contributed by atoms with van der Waals surface area (Å²) in [7, 11) is 0. The lowest BCUT2D eigenvalue weighted by Crippen LogP contribution is -2.13. The van der Waals surface area contributed by atoms with Crippen LogP contribution in [-0.2, 0) is 13.2 Å². The second kappa shape index (κ2) is 7.36. The number of ether oxygens (including phenoxy) is 1. The molecule has 0 atom stereocenters. The summed E-state index contributed by atoms with van der Waals surface area (Å²) in [6.07, 6.45) is 1.56. The lowest BCUT2D eigenvalue weighted by Gasteiger charge is -2.09. The van der Waals surface area contributed by atoms with Crippen LogP contribution in [0.15, 0.2) is 41.0 Å². The van der Waals surface area contributed by atoms with Gasteiger partial charge in [0, 0.05) is 22.8 Å². The molecule has 0 saturated carbocycles. The summed E-state index contributed by atoms with van der Waals surface area (Å²) in [5, 5.41) is 3.08. The molecule has 0 unspecified atom stereocenters. The normalized spacial score (nSPS) is 10.6. The van der Waals surface area contributed by atoms with E-state index in [1.807, 2.05) is 31.2 Å². The first-order chi connectivity index (χ1) is 9.70. The van der Waals surface area contributed by atoms with Crippen molar-refractivity contribution in [2.45, 2.75) is 20.1 Å². The molecule has 0 bridgehead atoms. The molecule has 20 heavy (non-hydrogen) atoms. The maximum atomic E-state index is 14.1. The van der Waals surface area contributed by atoms with E-state index in [0.717, 1.165) is 16.6 Å². The number of aromatic nitrogens is 1. The van der Waals surface area contributed by atoms with Crippen molar-refractivity contribution in [2.24, 2.45) is 0 Å². The maximum Gasteiger partial charge on any atom is 0.251 e. The zero-order valence-electron chi connectivity index (χ0n) is 11.2. The van der Waals surface area contributed by atoms with Crippen LogP contribution in [0.1, 0.15) is 18.1 Å². The Labute approximate surface area is 126 Å². The molecular formula is C15H16BrFN2O. The molecule has 0 fully saturated rings. The third-order valence-electron chi connectivity index (χ3n) is 2.79. The number of hydrogen-bond donors (Lipinski definition) is 1. The largest absolute Gasteiger partial charge is 0.471 e. The molecular weight excluding hydrogens is 323 g/mol. The van der Waals surface area contributed by atoms with Crippen molar-refractivity contribution in [1.82, 2.24) is 10.3 Å². The van der Waals surface area contributed by atoms with Crippen molar-refractivity contribution in [3.63, 3.8) is 0 Å². The molecule has 0 aliphatic rings. The third kappa shape index (κ3) is 4.02. The number of pyridine rings is 1. The Bertz CT molecular complexity index is 560. The van der Waals surface area contributed by atoms with E-state index in [9.17, 15) is 4.39 Å². The maximum absolute atomic E-state index is 14.1. The predicted molar refractivity (Wildman–Crippen MR) is 80.0 cm³/mol. The van der Waals surface area contributed by atoms with E-state index >= 15 is 0 Å². The average molecular weight is 339 g/mol. The fourth-order valence-corrected chi connectivity index (χ4v) is 1.96. The first-order valence-electron chi connectivity index (χ1n) is 6.42. The second-order valence-corrected chi connectivity index (χ2v) is 5.20. The lowest BCUT2D eigenvalue weighted by atomic mass is 10.2. The van der Waals surface area contributed by atoms with Gasteiger partial charge in [0.05, 0.1) is 0 Å². The summed E-state index contributed by atoms with van der Waals surface area (Å²) in [5.41, 5.74) is 1.53. The van der Waals surface area contributed by atoms with Crippen LogP contribution in [0, 0.1) is 5.82 Å². The Hall–Kier alpha value is -1.46. The van der Waals surface area contributed by atoms with Crippen molar-refractivity contribution in [1.29, 1.82) is 0 Å². The standard InChI is InChI=1S/C15H16BrFN2O/c1-2-18-9-12-7-8-19-15(14(12)17)20-10-11-3-5-13(16)6-4-11/h3-8,18H,2,9-10H2,1H3. The molecule has 2 rings (SSSR count). The molecule has 2 aromatic rings. The van der Waals surface area contributed by atoms with Crippen LogP contribution in [0.2, 0.25) is 0 Å². The van der Waals surface area contributed by atoms with Gasteiger partial charge in [-0.3, -0.25) is 0 Å². The van der Waals surface area contributed by atoms with Crippen LogP contribution >= 0.6 is 15.9 Å². The van der Waals surface area contributed by atoms with Crippen molar-refractivity contribution in [2.75, 3.05) is 6.54 Å². The van der Waals surface area contributed by atoms with Crippen molar-refractivity contribution in [3.05, 3.63) is 57.9 Å². The number of hydrogen-bond acceptors (Lipinski definition) is 3. The second-order valence-electron chi connectivity index (χ2n) is 4.28. The zero-order chi connectivity index (χ0) is 14.4. The van der Waals surface area contributed by atoms with Gasteiger partial charge in [0.2, 0.25) is 0 Å². The fraction of sp³-hybridized carbons (Fsp3) is 0.267. The molecule has 0 aliphatic carbocycles. The van der Waals surface area contributed by atoms with Gasteiger partial charge in [0.25, 0.3) is 5.88 Å². The van der Waals surface area contributed by atoms with Crippen molar-refractivity contribution < 1.29 is 9.13 Å². The van der Waals surface area contributed by atoms with Crippen LogP contribution < -0.4 is 10.1 Å². The zero-order valence-corrected chi connectivity index (χ0v) is 12.8. The highest BCUT2D eigenvalue weighted by Gasteiger charge is 2.10. The monoisotopic (exact) mass is 338 g/mol. The van der Waals surface area contributed by atoms with Gasteiger partial charge in [-0.2, -0.15) is 0 Å². The molecule has 1 N–H and O–H groups in total. The molecule has 0 amide bonds. The molecule has 0 spiro atoms. The van der Waals surface area contributed by atoms with Gasteiger partial charge < -0.3 is 10.1 Å². The summed E-state index contributed by atoms with van der Waals surface area (Å²) in [6, 6.07) is 9.34. The van der Waals surface area contributed by atoms with Crippen molar-refractivity contribution in [3.8, 4) is 5.88 Å². The van der Waals surface area contributed by atoms with Crippen LogP contribution in [0.25, 0.3) is 0 Å². The SMILES string of the molecule is CCNCc1ccnc(OCc2ccc(Br)cc2)c1F. The summed E-state index contributed by atoms with van der Waals surface area (Å²) < 4.78 is 20.6. The Morgan fingerprint density at radius 1 is 1.25 bits per heavy atom. The molecule has 0 saturated heterocycles. The van der Waals surface area contributed by atoms with Gasteiger partial charge >= 0.3 is 0 Å². The molecule has 1 aromatic carbocycles. The van der Waals surface area contributed by atoms with E-state index in [0.29, 0.717) is 18.7 Å². The van der Waals surface area contributed by atoms with Crippen LogP contribution in [-0.4, -0.2) is 11.5 Å². The topological polar surface area (TPSA) is 34.2 Å². The summed E-state index contributed by atoms with van der Waals surface area (Å²) in [6.45, 7) is 3.53. The van der Waals surface area contributed by atoms with Crippen molar-refractivity contribution >= 4 is 15.9 Å². The van der Waals surface area contributed by atoms with E-state index < -0.39 is 5.82 Å². The quantitative estimate of drug-likeness (QED) is 0.872. The highest BCUT2D eigenvalue weighted by Crippen LogP contribution is 2.19. The molecule has 0 aliphatic heterocycles. The summed E-state index contributed by atoms with van der Waals surface area (Å²) >= 11 is 3.37. The Morgan fingerprint density at radius 3 is 2.70 bits per heavy atom. The first-order valence-corrected chi connectivity index (χ1v) is 7.21. The van der Waals surface area contributed by atoms with Gasteiger partial charge in [-0.05, 0) is 30.3 Å². The molecule has 106 valence electrons. The van der Waals surface area contributed by atoms with Gasteiger partial charge in [0.15, 0.2) is 5.82 Å². The number of rotatable bonds is 6. The van der Waals surface area contributed by atoms with E-state index in [1.165, 1.54) is 0 Å². The number of nitrogens with zero attached hydrogens (tertiary/aromatic N) is 1. The molecule has 1 aromatic heterocycles. The molecule has 0 radical (unpaired) electrons. The van der Waals surface area contributed by atoms with Crippen LogP contribution in [0.3, 0.4) is 0 Å². The molecule has 3 nitrogen and oxygen atoms in total. The molecule has 5 heteroatoms. The van der Waals surface area contributed by atoms with E-state index in [1.54, 1.807) is 12.3 Å². The minimum absolute atomic E-state index is 0.0447. The number of benzene rings is 1. The Morgan fingerprint density at radius 2 is 2.00 bits per heavy atom. The Kier molecular flexibility index (Phi) is 5.49. The smallest absolute Gasteiger partial charge is 0.251 e. The minimum atomic E-state index is -0.398. The van der Waals surface area contributed by atoms with E-state index in [-0.39, 0.29) is 5.88 Å². The highest BCUT2D eigenvalue weighted by atomic mass is 79.9. The first kappa shape index (κ1) is 14.9. The molecule has 1 heterocycles. The van der Waals surface area contributed by atoms with Gasteiger partial charge in [0.1, 0.15) is 6.61 Å². The predicted octanol–water partition coefficient (Wildman–Crippen LogP) is 3.67. The van der Waals surface area contributed by atoms with Gasteiger partial charge in [-0.1, -0.05) is 35.0 Å². The lowest BCUT2D eigenvalue weighted by molar-refractivity contribution is 0.276. The number of nitrogens with one attached hydrogen (secondary N) is 1. The van der Waals surface area contributed by atoms with Crippen LogP contribution in [0.5, 0.6) is 5.88 Å². The minimum Gasteiger partial charge on any atom is -0.471 e.